The third-order valence-corrected chi connectivity index (χ3v) is 8.72. The molecule has 0 radical (unpaired) electrons. The van der Waals surface area contributed by atoms with E-state index >= 15 is 0 Å². The van der Waals surface area contributed by atoms with Gasteiger partial charge in [0.2, 0.25) is 5.91 Å². The summed E-state index contributed by atoms with van der Waals surface area (Å²) in [6.45, 7) is 4.24. The quantitative estimate of drug-likeness (QED) is 0.511. The number of amides is 1. The number of piperidine rings is 1. The summed E-state index contributed by atoms with van der Waals surface area (Å²) in [5.74, 6) is 0.574. The molecule has 6 heteroatoms. The van der Waals surface area contributed by atoms with Crippen molar-refractivity contribution in [3.63, 3.8) is 0 Å². The van der Waals surface area contributed by atoms with Gasteiger partial charge < -0.3 is 15.2 Å². The van der Waals surface area contributed by atoms with Gasteiger partial charge in [-0.25, -0.2) is 0 Å². The van der Waals surface area contributed by atoms with Crippen molar-refractivity contribution >= 4 is 17.6 Å². The number of phenolic OH excluding ortho intramolecular Hbond substituents is 1. The van der Waals surface area contributed by atoms with Gasteiger partial charge in [0.05, 0.1) is 13.0 Å². The third kappa shape index (κ3) is 5.01. The van der Waals surface area contributed by atoms with E-state index in [9.17, 15) is 14.7 Å². The highest BCUT2D eigenvalue weighted by Gasteiger charge is 2.53. The van der Waals surface area contributed by atoms with E-state index in [2.05, 4.69) is 34.5 Å². The Morgan fingerprint density at radius 3 is 2.75 bits per heavy atom. The highest BCUT2D eigenvalue weighted by Crippen LogP contribution is 2.56. The number of esters is 1. The Morgan fingerprint density at radius 2 is 1.94 bits per heavy atom. The monoisotopic (exact) mass is 490 g/mol. The molecule has 1 amide bonds. The molecule has 2 bridgehead atoms. The summed E-state index contributed by atoms with van der Waals surface area (Å²) >= 11 is 0. The van der Waals surface area contributed by atoms with Gasteiger partial charge in [-0.1, -0.05) is 31.0 Å². The number of carbonyl (C=O) groups is 2. The van der Waals surface area contributed by atoms with Crippen LogP contribution in [0.2, 0.25) is 0 Å². The highest BCUT2D eigenvalue weighted by atomic mass is 16.5. The number of phenols is 1. The second-order valence-electron chi connectivity index (χ2n) is 10.7. The molecule has 3 atom stereocenters. The minimum atomic E-state index is -0.342. The lowest BCUT2D eigenvalue weighted by atomic mass is 9.52. The molecule has 2 aromatic carbocycles. The molecular formula is C30H38N2O4. The second-order valence-corrected chi connectivity index (χ2v) is 10.7. The fourth-order valence-electron chi connectivity index (χ4n) is 7.05. The van der Waals surface area contributed by atoms with Crippen LogP contribution in [0.1, 0.15) is 68.6 Å². The molecule has 2 aromatic rings. The van der Waals surface area contributed by atoms with Crippen molar-refractivity contribution in [2.24, 2.45) is 5.92 Å². The molecule has 2 aliphatic carbocycles. The molecule has 36 heavy (non-hydrogen) atoms. The molecule has 1 heterocycles. The standard InChI is InChI=1S/C30H38N2O4/c1-2-36-29(35)13-12-28(34)31-23-9-6-21(7-10-23)14-17-32-18-16-30-15-4-3-5-25(30)27(32)19-22-8-11-24(33)20-26(22)30/h6-11,20,25,27,33H,2-5,12-19H2,1H3,(H,31,34)/t25-,27+,30+/m0/s1. The lowest BCUT2D eigenvalue weighted by Gasteiger charge is -2.59. The van der Waals surface area contributed by atoms with Gasteiger partial charge in [0, 0.05) is 30.1 Å². The number of carbonyl (C=O) groups excluding carboxylic acids is 2. The second kappa shape index (κ2) is 10.6. The van der Waals surface area contributed by atoms with Crippen molar-refractivity contribution in [3.8, 4) is 5.75 Å². The van der Waals surface area contributed by atoms with Crippen LogP contribution in [0.3, 0.4) is 0 Å². The first kappa shape index (κ1) is 24.8. The zero-order valence-electron chi connectivity index (χ0n) is 21.3. The summed E-state index contributed by atoms with van der Waals surface area (Å²) in [6.07, 6.45) is 8.63. The number of nitrogens with one attached hydrogen (secondary N) is 1. The number of benzene rings is 2. The fraction of sp³-hybridized carbons (Fsp3) is 0.533. The number of rotatable bonds is 8. The van der Waals surface area contributed by atoms with Crippen LogP contribution in [0.25, 0.3) is 0 Å². The van der Waals surface area contributed by atoms with E-state index in [1.165, 1.54) is 48.8 Å². The Balaban J connectivity index is 1.19. The summed E-state index contributed by atoms with van der Waals surface area (Å²) in [7, 11) is 0. The van der Waals surface area contributed by atoms with Crippen molar-refractivity contribution in [1.82, 2.24) is 4.90 Å². The van der Waals surface area contributed by atoms with Crippen LogP contribution in [-0.2, 0) is 32.6 Å². The molecule has 5 rings (SSSR count). The maximum absolute atomic E-state index is 12.1. The maximum Gasteiger partial charge on any atom is 0.306 e. The van der Waals surface area contributed by atoms with Gasteiger partial charge in [0.25, 0.3) is 0 Å². The normalized spacial score (nSPS) is 24.9. The van der Waals surface area contributed by atoms with Gasteiger partial charge in [-0.05, 0) is 92.4 Å². The summed E-state index contributed by atoms with van der Waals surface area (Å²) in [6, 6.07) is 14.7. The molecule has 1 saturated carbocycles. The van der Waals surface area contributed by atoms with Crippen LogP contribution in [-0.4, -0.2) is 47.6 Å². The molecule has 6 nitrogen and oxygen atoms in total. The number of fused-ring (bicyclic) bond motifs is 1. The first-order valence-corrected chi connectivity index (χ1v) is 13.6. The molecule has 2 N–H and O–H groups in total. The first-order chi connectivity index (χ1) is 17.5. The number of anilines is 1. The molecular weight excluding hydrogens is 452 g/mol. The van der Waals surface area contributed by atoms with Crippen molar-refractivity contribution in [1.29, 1.82) is 0 Å². The maximum atomic E-state index is 12.1. The minimum Gasteiger partial charge on any atom is -0.508 e. The van der Waals surface area contributed by atoms with Crippen molar-refractivity contribution in [2.45, 2.75) is 76.2 Å². The number of likely N-dealkylation sites (tertiary alicyclic amines) is 1. The molecule has 1 aliphatic heterocycles. The summed E-state index contributed by atoms with van der Waals surface area (Å²) in [5.41, 5.74) is 5.14. The Morgan fingerprint density at radius 1 is 1.11 bits per heavy atom. The van der Waals surface area contributed by atoms with Crippen LogP contribution in [0.15, 0.2) is 42.5 Å². The van der Waals surface area contributed by atoms with Crippen molar-refractivity contribution < 1.29 is 19.4 Å². The zero-order valence-corrected chi connectivity index (χ0v) is 21.3. The van der Waals surface area contributed by atoms with Crippen LogP contribution >= 0.6 is 0 Å². The van der Waals surface area contributed by atoms with Crippen molar-refractivity contribution in [3.05, 3.63) is 59.2 Å². The van der Waals surface area contributed by atoms with E-state index in [1.807, 2.05) is 18.2 Å². The SMILES string of the molecule is CCOC(=O)CCC(=O)Nc1ccc(CCN2CC[C@]34CCCC[C@H]3[C@H]2Cc2ccc(O)cc24)cc1. The number of hydrogen-bond donors (Lipinski definition) is 2. The third-order valence-electron chi connectivity index (χ3n) is 8.72. The van der Waals surface area contributed by atoms with E-state index < -0.39 is 0 Å². The molecule has 1 saturated heterocycles. The highest BCUT2D eigenvalue weighted by molar-refractivity contribution is 5.92. The van der Waals surface area contributed by atoms with E-state index in [-0.39, 0.29) is 30.1 Å². The van der Waals surface area contributed by atoms with Gasteiger partial charge in [-0.2, -0.15) is 0 Å². The van der Waals surface area contributed by atoms with E-state index in [4.69, 9.17) is 4.74 Å². The van der Waals surface area contributed by atoms with Crippen LogP contribution < -0.4 is 5.32 Å². The molecule has 0 aromatic heterocycles. The predicted octanol–water partition coefficient (Wildman–Crippen LogP) is 4.98. The zero-order chi connectivity index (χ0) is 25.1. The number of ether oxygens (including phenoxy) is 1. The number of nitrogens with zero attached hydrogens (tertiary/aromatic N) is 1. The molecule has 0 spiro atoms. The van der Waals surface area contributed by atoms with E-state index in [0.717, 1.165) is 31.6 Å². The summed E-state index contributed by atoms with van der Waals surface area (Å²) in [5, 5.41) is 13.1. The van der Waals surface area contributed by atoms with Crippen LogP contribution in [0.5, 0.6) is 5.75 Å². The molecule has 192 valence electrons. The molecule has 2 fully saturated rings. The molecule has 3 aliphatic rings. The van der Waals surface area contributed by atoms with Gasteiger partial charge in [0.1, 0.15) is 5.75 Å². The largest absolute Gasteiger partial charge is 0.508 e. The Bertz CT molecular complexity index is 1100. The van der Waals surface area contributed by atoms with Crippen LogP contribution in [0.4, 0.5) is 5.69 Å². The Hall–Kier alpha value is -2.86. The summed E-state index contributed by atoms with van der Waals surface area (Å²) in [4.78, 5) is 26.3. The lowest BCUT2D eigenvalue weighted by molar-refractivity contribution is -0.144. The topological polar surface area (TPSA) is 78.9 Å². The van der Waals surface area contributed by atoms with E-state index in [0.29, 0.717) is 24.3 Å². The first-order valence-electron chi connectivity index (χ1n) is 13.6. The average molecular weight is 491 g/mol. The Kier molecular flexibility index (Phi) is 7.33. The average Bonchev–Trinajstić information content (AvgIpc) is 2.88. The minimum absolute atomic E-state index is 0.0999. The Labute approximate surface area is 214 Å². The number of aromatic hydroxyl groups is 1. The fourth-order valence-corrected chi connectivity index (χ4v) is 7.05. The van der Waals surface area contributed by atoms with Gasteiger partial charge in [-0.15, -0.1) is 0 Å². The van der Waals surface area contributed by atoms with Gasteiger partial charge in [0.15, 0.2) is 0 Å². The van der Waals surface area contributed by atoms with Crippen molar-refractivity contribution in [2.75, 3.05) is 25.0 Å². The summed E-state index contributed by atoms with van der Waals surface area (Å²) < 4.78 is 4.88. The number of hydrogen-bond acceptors (Lipinski definition) is 5. The van der Waals surface area contributed by atoms with Gasteiger partial charge >= 0.3 is 5.97 Å². The predicted molar refractivity (Wildman–Crippen MR) is 140 cm³/mol. The van der Waals surface area contributed by atoms with Crippen LogP contribution in [0, 0.1) is 5.92 Å². The molecule has 0 unspecified atom stereocenters. The lowest BCUT2D eigenvalue weighted by Crippen LogP contribution is -2.61. The van der Waals surface area contributed by atoms with Gasteiger partial charge in [-0.3, -0.25) is 14.5 Å². The van der Waals surface area contributed by atoms with E-state index in [1.54, 1.807) is 6.92 Å². The smallest absolute Gasteiger partial charge is 0.306 e.